The minimum absolute atomic E-state index is 0.355. The normalized spacial score (nSPS) is 14.3. The van der Waals surface area contributed by atoms with Crippen molar-refractivity contribution in [2.45, 2.75) is 32.5 Å². The smallest absolute Gasteiger partial charge is 0.337 e. The van der Waals surface area contributed by atoms with E-state index >= 15 is 0 Å². The lowest BCUT2D eigenvalue weighted by Gasteiger charge is -2.18. The molecule has 0 spiro atoms. The molecule has 1 aromatic rings. The minimum Gasteiger partial charge on any atom is -0.479 e. The van der Waals surface area contributed by atoms with Gasteiger partial charge in [-0.15, -0.1) is 0 Å². The van der Waals surface area contributed by atoms with Crippen LogP contribution in [-0.2, 0) is 17.9 Å². The Balaban J connectivity index is 3.29. The first-order valence-electron chi connectivity index (χ1n) is 5.05. The highest BCUT2D eigenvalue weighted by Gasteiger charge is 2.31. The Kier molecular flexibility index (Phi) is 3.52. The molecule has 0 aliphatic heterocycles. The Morgan fingerprint density at radius 1 is 1.47 bits per heavy atom. The molecule has 1 aromatic heterocycles. The second kappa shape index (κ2) is 4.54. The maximum atomic E-state index is 11.7. The fourth-order valence-corrected chi connectivity index (χ4v) is 1.32. The number of hydrogen-bond donors (Lipinski definition) is 2. The Morgan fingerprint density at radius 2 is 2.06 bits per heavy atom. The quantitative estimate of drug-likeness (QED) is 0.695. The Labute approximate surface area is 96.6 Å². The van der Waals surface area contributed by atoms with Gasteiger partial charge >= 0.3 is 11.7 Å². The highest BCUT2D eigenvalue weighted by atomic mass is 16.4. The van der Waals surface area contributed by atoms with Crippen molar-refractivity contribution in [3.8, 4) is 0 Å². The second-order valence-electron chi connectivity index (χ2n) is 3.89. The van der Waals surface area contributed by atoms with Gasteiger partial charge in [-0.1, -0.05) is 0 Å². The van der Waals surface area contributed by atoms with Crippen molar-refractivity contribution in [1.29, 1.82) is 0 Å². The van der Waals surface area contributed by atoms with Crippen LogP contribution < -0.4 is 11.2 Å². The standard InChI is InChI=1S/C10H14N2O5/c1-3-11-5-4-7(13)12(9(11)16)6-10(2,17)8(14)15/h4-5,17H,3,6H2,1-2H3,(H,14,15). The van der Waals surface area contributed by atoms with Crippen molar-refractivity contribution in [3.63, 3.8) is 0 Å². The lowest BCUT2D eigenvalue weighted by molar-refractivity contribution is -0.158. The maximum absolute atomic E-state index is 11.7. The zero-order valence-electron chi connectivity index (χ0n) is 9.58. The molecule has 7 heteroatoms. The number of aromatic nitrogens is 2. The lowest BCUT2D eigenvalue weighted by Crippen LogP contribution is -2.48. The summed E-state index contributed by atoms with van der Waals surface area (Å²) in [6.45, 7) is 2.52. The van der Waals surface area contributed by atoms with Crippen LogP contribution in [0, 0.1) is 0 Å². The van der Waals surface area contributed by atoms with Gasteiger partial charge in [0.05, 0.1) is 6.54 Å². The van der Waals surface area contributed by atoms with Crippen molar-refractivity contribution in [1.82, 2.24) is 9.13 Å². The van der Waals surface area contributed by atoms with Crippen LogP contribution in [-0.4, -0.2) is 30.9 Å². The van der Waals surface area contributed by atoms with E-state index in [-0.39, 0.29) is 0 Å². The second-order valence-corrected chi connectivity index (χ2v) is 3.89. The van der Waals surface area contributed by atoms with E-state index in [1.807, 2.05) is 0 Å². The predicted octanol–water partition coefficient (Wildman–Crippen LogP) is -1.13. The van der Waals surface area contributed by atoms with Crippen LogP contribution in [0.5, 0.6) is 0 Å². The maximum Gasteiger partial charge on any atom is 0.337 e. The number of aliphatic carboxylic acids is 1. The van der Waals surface area contributed by atoms with E-state index in [4.69, 9.17) is 5.11 Å². The van der Waals surface area contributed by atoms with Gasteiger partial charge in [-0.05, 0) is 13.8 Å². The van der Waals surface area contributed by atoms with E-state index in [0.29, 0.717) is 11.1 Å². The molecule has 0 aliphatic carbocycles. The van der Waals surface area contributed by atoms with Crippen LogP contribution in [0.3, 0.4) is 0 Å². The molecular formula is C10H14N2O5. The summed E-state index contributed by atoms with van der Waals surface area (Å²) in [7, 11) is 0. The highest BCUT2D eigenvalue weighted by molar-refractivity contribution is 5.76. The summed E-state index contributed by atoms with van der Waals surface area (Å²) in [5, 5.41) is 18.3. The van der Waals surface area contributed by atoms with E-state index in [1.165, 1.54) is 10.8 Å². The van der Waals surface area contributed by atoms with Gasteiger partial charge in [0.15, 0.2) is 5.60 Å². The molecule has 0 fully saturated rings. The summed E-state index contributed by atoms with van der Waals surface area (Å²) in [6.07, 6.45) is 1.33. The summed E-state index contributed by atoms with van der Waals surface area (Å²) in [4.78, 5) is 33.9. The van der Waals surface area contributed by atoms with Crippen LogP contribution in [0.1, 0.15) is 13.8 Å². The van der Waals surface area contributed by atoms with Crippen LogP contribution >= 0.6 is 0 Å². The van der Waals surface area contributed by atoms with Gasteiger partial charge in [0.2, 0.25) is 0 Å². The molecule has 0 aromatic carbocycles. The van der Waals surface area contributed by atoms with E-state index in [9.17, 15) is 19.5 Å². The third-order valence-corrected chi connectivity index (χ3v) is 2.41. The SMILES string of the molecule is CCn1ccc(=O)n(CC(C)(O)C(=O)O)c1=O. The minimum atomic E-state index is -2.16. The predicted molar refractivity (Wildman–Crippen MR) is 58.9 cm³/mol. The fourth-order valence-electron chi connectivity index (χ4n) is 1.32. The molecule has 94 valence electrons. The Morgan fingerprint density at radius 3 is 2.53 bits per heavy atom. The summed E-state index contributed by atoms with van der Waals surface area (Å²) in [5.74, 6) is -1.49. The molecule has 7 nitrogen and oxygen atoms in total. The molecule has 0 aliphatic rings. The fraction of sp³-hybridized carbons (Fsp3) is 0.500. The molecule has 1 unspecified atom stereocenters. The van der Waals surface area contributed by atoms with Crippen LogP contribution in [0.25, 0.3) is 0 Å². The van der Waals surface area contributed by atoms with Crippen LogP contribution in [0.15, 0.2) is 21.9 Å². The van der Waals surface area contributed by atoms with Crippen molar-refractivity contribution < 1.29 is 15.0 Å². The molecule has 1 atom stereocenters. The molecule has 2 N–H and O–H groups in total. The summed E-state index contributed by atoms with van der Waals surface area (Å²) in [5.41, 5.74) is -3.43. The van der Waals surface area contributed by atoms with Gasteiger partial charge in [-0.25, -0.2) is 9.59 Å². The summed E-state index contributed by atoms with van der Waals surface area (Å²) in [6, 6.07) is 1.16. The van der Waals surface area contributed by atoms with E-state index in [0.717, 1.165) is 13.0 Å². The Bertz CT molecular complexity index is 540. The summed E-state index contributed by atoms with van der Waals surface area (Å²) >= 11 is 0. The average Bonchev–Trinajstić information content (AvgIpc) is 2.24. The van der Waals surface area contributed by atoms with Gasteiger partial charge in [0.25, 0.3) is 5.56 Å². The molecule has 0 radical (unpaired) electrons. The monoisotopic (exact) mass is 242 g/mol. The molecule has 0 saturated carbocycles. The van der Waals surface area contributed by atoms with Gasteiger partial charge in [0, 0.05) is 18.8 Å². The first-order valence-corrected chi connectivity index (χ1v) is 5.05. The van der Waals surface area contributed by atoms with Gasteiger partial charge in [-0.2, -0.15) is 0 Å². The van der Waals surface area contributed by atoms with E-state index in [1.54, 1.807) is 6.92 Å². The third-order valence-electron chi connectivity index (χ3n) is 2.41. The topological polar surface area (TPSA) is 102 Å². The van der Waals surface area contributed by atoms with E-state index < -0.39 is 29.4 Å². The van der Waals surface area contributed by atoms with Crippen molar-refractivity contribution in [2.75, 3.05) is 0 Å². The highest BCUT2D eigenvalue weighted by Crippen LogP contribution is 2.04. The number of aryl methyl sites for hydroxylation is 1. The number of hydrogen-bond acceptors (Lipinski definition) is 4. The number of rotatable bonds is 4. The van der Waals surface area contributed by atoms with Gasteiger partial charge in [0.1, 0.15) is 0 Å². The zero-order chi connectivity index (χ0) is 13.2. The molecule has 0 saturated heterocycles. The van der Waals surface area contributed by atoms with Crippen molar-refractivity contribution in [3.05, 3.63) is 33.1 Å². The zero-order valence-corrected chi connectivity index (χ0v) is 9.58. The molecule has 17 heavy (non-hydrogen) atoms. The van der Waals surface area contributed by atoms with Crippen molar-refractivity contribution >= 4 is 5.97 Å². The van der Waals surface area contributed by atoms with Crippen LogP contribution in [0.2, 0.25) is 0 Å². The van der Waals surface area contributed by atoms with Crippen molar-refractivity contribution in [2.24, 2.45) is 0 Å². The summed E-state index contributed by atoms with van der Waals surface area (Å²) < 4.78 is 1.96. The number of aliphatic hydroxyl groups is 1. The largest absolute Gasteiger partial charge is 0.479 e. The Hall–Kier alpha value is -1.89. The molecule has 1 heterocycles. The first kappa shape index (κ1) is 13.2. The molecule has 0 amide bonds. The van der Waals surface area contributed by atoms with Gasteiger partial charge in [-0.3, -0.25) is 9.36 Å². The molecule has 1 rings (SSSR count). The number of carboxylic acid groups (broad SMARTS) is 1. The van der Waals surface area contributed by atoms with Crippen LogP contribution in [0.4, 0.5) is 0 Å². The molecular weight excluding hydrogens is 228 g/mol. The number of carboxylic acids is 1. The van der Waals surface area contributed by atoms with Gasteiger partial charge < -0.3 is 14.8 Å². The number of carbonyl (C=O) groups is 1. The lowest BCUT2D eigenvalue weighted by atomic mass is 10.1. The number of nitrogens with zero attached hydrogens (tertiary/aromatic N) is 2. The third kappa shape index (κ3) is 2.62. The van der Waals surface area contributed by atoms with E-state index in [2.05, 4.69) is 0 Å². The average molecular weight is 242 g/mol. The first-order chi connectivity index (χ1) is 7.79. The molecule has 0 bridgehead atoms.